The summed E-state index contributed by atoms with van der Waals surface area (Å²) >= 11 is 1.91. The number of nitrogens with zero attached hydrogens (tertiary/aromatic N) is 1. The predicted octanol–water partition coefficient (Wildman–Crippen LogP) is 3.06. The quantitative estimate of drug-likeness (QED) is 0.784. The maximum absolute atomic E-state index is 12.6. The van der Waals surface area contributed by atoms with E-state index in [-0.39, 0.29) is 5.92 Å². The molecule has 2 saturated heterocycles. The van der Waals surface area contributed by atoms with Crippen LogP contribution in [0.4, 0.5) is 0 Å². The molecule has 0 aliphatic carbocycles. The summed E-state index contributed by atoms with van der Waals surface area (Å²) in [6, 6.07) is 0. The largest absolute Gasteiger partial charge is 0.381 e. The van der Waals surface area contributed by atoms with Crippen LogP contribution in [0.3, 0.4) is 0 Å². The lowest BCUT2D eigenvalue weighted by atomic mass is 9.97. The molecule has 0 saturated carbocycles. The Balaban J connectivity index is 1.59. The molecule has 0 aromatic rings. The molecule has 112 valence electrons. The molecule has 1 amide bonds. The first-order valence-electron chi connectivity index (χ1n) is 8.05. The number of hydrogen-bond donors (Lipinski definition) is 0. The van der Waals surface area contributed by atoms with Crippen molar-refractivity contribution >= 4 is 17.7 Å². The zero-order valence-corrected chi connectivity index (χ0v) is 13.0. The standard InChI is InChI=1S/C16H25NO2S/c18-16(17-7-3-1-2-4-8-17)14-11-15(20-12-14)13-5-9-19-10-6-13/h11,13-14H,1-10,12H2. The van der Waals surface area contributed by atoms with E-state index in [2.05, 4.69) is 11.0 Å². The van der Waals surface area contributed by atoms with Crippen LogP contribution in [0, 0.1) is 11.8 Å². The van der Waals surface area contributed by atoms with Crippen LogP contribution < -0.4 is 0 Å². The Kier molecular flexibility index (Phi) is 5.05. The second-order valence-electron chi connectivity index (χ2n) is 6.11. The average molecular weight is 295 g/mol. The van der Waals surface area contributed by atoms with E-state index in [0.29, 0.717) is 11.8 Å². The van der Waals surface area contributed by atoms with Gasteiger partial charge in [0.15, 0.2) is 0 Å². The molecule has 4 heteroatoms. The van der Waals surface area contributed by atoms with Gasteiger partial charge in [0, 0.05) is 32.1 Å². The van der Waals surface area contributed by atoms with E-state index < -0.39 is 0 Å². The predicted molar refractivity (Wildman–Crippen MR) is 82.6 cm³/mol. The summed E-state index contributed by atoms with van der Waals surface area (Å²) in [5.41, 5.74) is 0. The first-order chi connectivity index (χ1) is 9.84. The molecule has 3 nitrogen and oxygen atoms in total. The Labute approximate surface area is 126 Å². The van der Waals surface area contributed by atoms with Gasteiger partial charge in [-0.05, 0) is 36.5 Å². The van der Waals surface area contributed by atoms with Gasteiger partial charge in [0.05, 0.1) is 5.92 Å². The van der Waals surface area contributed by atoms with Crippen LogP contribution in [0.15, 0.2) is 11.0 Å². The van der Waals surface area contributed by atoms with E-state index in [4.69, 9.17) is 4.74 Å². The molecule has 2 fully saturated rings. The second-order valence-corrected chi connectivity index (χ2v) is 7.21. The normalized spacial score (nSPS) is 29.1. The van der Waals surface area contributed by atoms with Gasteiger partial charge in [-0.1, -0.05) is 18.9 Å². The fourth-order valence-electron chi connectivity index (χ4n) is 3.38. The van der Waals surface area contributed by atoms with Crippen molar-refractivity contribution in [1.29, 1.82) is 0 Å². The third-order valence-electron chi connectivity index (χ3n) is 4.65. The molecule has 3 aliphatic heterocycles. The van der Waals surface area contributed by atoms with Gasteiger partial charge in [0.25, 0.3) is 0 Å². The maximum Gasteiger partial charge on any atom is 0.230 e. The Morgan fingerprint density at radius 1 is 1.15 bits per heavy atom. The van der Waals surface area contributed by atoms with Crippen molar-refractivity contribution in [3.63, 3.8) is 0 Å². The summed E-state index contributed by atoms with van der Waals surface area (Å²) in [4.78, 5) is 16.2. The second kappa shape index (κ2) is 6.99. The van der Waals surface area contributed by atoms with Crippen LogP contribution in [0.25, 0.3) is 0 Å². The molecule has 1 unspecified atom stereocenters. The first kappa shape index (κ1) is 14.5. The van der Waals surface area contributed by atoms with Crippen molar-refractivity contribution < 1.29 is 9.53 Å². The van der Waals surface area contributed by atoms with Crippen molar-refractivity contribution in [2.45, 2.75) is 38.5 Å². The molecule has 3 heterocycles. The van der Waals surface area contributed by atoms with Crippen molar-refractivity contribution in [3.05, 3.63) is 11.0 Å². The number of hydrogen-bond acceptors (Lipinski definition) is 3. The summed E-state index contributed by atoms with van der Waals surface area (Å²) < 4.78 is 5.43. The third-order valence-corrected chi connectivity index (χ3v) is 5.98. The lowest BCUT2D eigenvalue weighted by Crippen LogP contribution is -2.36. The minimum Gasteiger partial charge on any atom is -0.381 e. The highest BCUT2D eigenvalue weighted by Crippen LogP contribution is 2.39. The average Bonchev–Trinajstić information content (AvgIpc) is 2.83. The fourth-order valence-corrected chi connectivity index (χ4v) is 4.73. The minimum atomic E-state index is 0.135. The summed E-state index contributed by atoms with van der Waals surface area (Å²) in [5, 5.41) is 0. The van der Waals surface area contributed by atoms with Gasteiger partial charge in [-0.15, -0.1) is 11.8 Å². The first-order valence-corrected chi connectivity index (χ1v) is 9.04. The molecule has 0 bridgehead atoms. The zero-order chi connectivity index (χ0) is 13.8. The van der Waals surface area contributed by atoms with Crippen LogP contribution >= 0.6 is 11.8 Å². The molecular formula is C16H25NO2S. The van der Waals surface area contributed by atoms with Gasteiger partial charge in [0.2, 0.25) is 5.91 Å². The van der Waals surface area contributed by atoms with Gasteiger partial charge in [0.1, 0.15) is 0 Å². The van der Waals surface area contributed by atoms with Gasteiger partial charge >= 0.3 is 0 Å². The van der Waals surface area contributed by atoms with Crippen molar-refractivity contribution in [1.82, 2.24) is 4.90 Å². The van der Waals surface area contributed by atoms with Gasteiger partial charge in [-0.25, -0.2) is 0 Å². The van der Waals surface area contributed by atoms with Crippen LogP contribution in [0.5, 0.6) is 0 Å². The van der Waals surface area contributed by atoms with Crippen LogP contribution in [-0.4, -0.2) is 42.9 Å². The third kappa shape index (κ3) is 3.40. The SMILES string of the molecule is O=C(C1C=C(C2CCOCC2)SC1)N1CCCCCC1. The summed E-state index contributed by atoms with van der Waals surface area (Å²) in [6.07, 6.45) is 9.46. The van der Waals surface area contributed by atoms with E-state index in [1.165, 1.54) is 30.6 Å². The smallest absolute Gasteiger partial charge is 0.230 e. The van der Waals surface area contributed by atoms with E-state index in [0.717, 1.165) is 44.9 Å². The summed E-state index contributed by atoms with van der Waals surface area (Å²) in [6.45, 7) is 3.71. The van der Waals surface area contributed by atoms with Crippen LogP contribution in [-0.2, 0) is 9.53 Å². The number of allylic oxidation sites excluding steroid dienone is 1. The number of rotatable bonds is 2. The summed E-state index contributed by atoms with van der Waals surface area (Å²) in [5.74, 6) is 2.12. The molecule has 0 aromatic heterocycles. The van der Waals surface area contributed by atoms with E-state index in [1.807, 2.05) is 11.8 Å². The number of carbonyl (C=O) groups excluding carboxylic acids is 1. The van der Waals surface area contributed by atoms with Crippen LogP contribution in [0.2, 0.25) is 0 Å². The maximum atomic E-state index is 12.6. The lowest BCUT2D eigenvalue weighted by molar-refractivity contribution is -0.133. The molecule has 0 spiro atoms. The van der Waals surface area contributed by atoms with E-state index in [9.17, 15) is 4.79 Å². The number of carbonyl (C=O) groups is 1. The number of likely N-dealkylation sites (tertiary alicyclic amines) is 1. The highest BCUT2D eigenvalue weighted by atomic mass is 32.2. The molecule has 0 radical (unpaired) electrons. The summed E-state index contributed by atoms with van der Waals surface area (Å²) in [7, 11) is 0. The molecule has 0 aromatic carbocycles. The Morgan fingerprint density at radius 3 is 2.55 bits per heavy atom. The van der Waals surface area contributed by atoms with Crippen molar-refractivity contribution in [2.75, 3.05) is 32.1 Å². The lowest BCUT2D eigenvalue weighted by Gasteiger charge is -2.23. The minimum absolute atomic E-state index is 0.135. The molecule has 20 heavy (non-hydrogen) atoms. The van der Waals surface area contributed by atoms with E-state index in [1.54, 1.807) is 0 Å². The fraction of sp³-hybridized carbons (Fsp3) is 0.812. The number of thioether (sulfide) groups is 1. The molecule has 3 rings (SSSR count). The van der Waals surface area contributed by atoms with E-state index >= 15 is 0 Å². The van der Waals surface area contributed by atoms with Crippen molar-refractivity contribution in [3.8, 4) is 0 Å². The topological polar surface area (TPSA) is 29.5 Å². The highest BCUT2D eigenvalue weighted by molar-refractivity contribution is 8.03. The van der Waals surface area contributed by atoms with Crippen molar-refractivity contribution in [2.24, 2.45) is 11.8 Å². The highest BCUT2D eigenvalue weighted by Gasteiger charge is 2.31. The van der Waals surface area contributed by atoms with Gasteiger partial charge < -0.3 is 9.64 Å². The Hall–Kier alpha value is -0.480. The Bertz CT molecular complexity index is 369. The van der Waals surface area contributed by atoms with Gasteiger partial charge in [-0.2, -0.15) is 0 Å². The monoisotopic (exact) mass is 295 g/mol. The molecule has 3 aliphatic rings. The Morgan fingerprint density at radius 2 is 1.85 bits per heavy atom. The molecule has 0 N–H and O–H groups in total. The van der Waals surface area contributed by atoms with Gasteiger partial charge in [-0.3, -0.25) is 4.79 Å². The molecule has 1 atom stereocenters. The number of amides is 1. The zero-order valence-electron chi connectivity index (χ0n) is 12.2. The number of ether oxygens (including phenoxy) is 1. The van der Waals surface area contributed by atoms with Crippen LogP contribution in [0.1, 0.15) is 38.5 Å². The molecular weight excluding hydrogens is 270 g/mol.